The van der Waals surface area contributed by atoms with E-state index in [0.717, 1.165) is 5.56 Å². The highest BCUT2D eigenvalue weighted by Gasteiger charge is 2.33. The van der Waals surface area contributed by atoms with E-state index in [1.165, 1.54) is 28.9 Å². The largest absolute Gasteiger partial charge is 0.502 e. The van der Waals surface area contributed by atoms with Crippen LogP contribution in [0.2, 0.25) is 0 Å². The van der Waals surface area contributed by atoms with Gasteiger partial charge in [0.25, 0.3) is 11.8 Å². The standard InChI is InChI=1S/C21H21N5O6/c1-24-12-25(8-9-31-2)21(30)17-19(28)18(27)14(11-26(17)24)20(29)22-16-10-15(23-32-16)13-6-4-3-5-7-13/h3-7,10-11,28H,8-9,12H2,1-2H3,(H,22,29). The summed E-state index contributed by atoms with van der Waals surface area (Å²) in [6, 6.07) is 10.7. The Bertz CT molecular complexity index is 1220. The van der Waals surface area contributed by atoms with Crippen LogP contribution in [0.5, 0.6) is 5.75 Å². The lowest BCUT2D eigenvalue weighted by Crippen LogP contribution is -2.53. The summed E-state index contributed by atoms with van der Waals surface area (Å²) in [5, 5.41) is 18.4. The SMILES string of the molecule is COCCN1CN(C)n2cc(C(=O)Nc3cc(-c4ccccc4)no3)c(=O)c(O)c2C1=O. The van der Waals surface area contributed by atoms with Gasteiger partial charge in [0.15, 0.2) is 11.4 Å². The van der Waals surface area contributed by atoms with Gasteiger partial charge >= 0.3 is 0 Å². The molecule has 0 fully saturated rings. The molecule has 4 rings (SSSR count). The maximum atomic E-state index is 12.8. The van der Waals surface area contributed by atoms with E-state index in [-0.39, 0.29) is 30.4 Å². The molecule has 1 aliphatic heterocycles. The summed E-state index contributed by atoms with van der Waals surface area (Å²) in [5.41, 5.74) is -0.239. The Morgan fingerprint density at radius 1 is 1.28 bits per heavy atom. The maximum Gasteiger partial charge on any atom is 0.277 e. The lowest BCUT2D eigenvalue weighted by Gasteiger charge is -2.37. The summed E-state index contributed by atoms with van der Waals surface area (Å²) in [7, 11) is 3.17. The normalized spacial score (nSPS) is 13.2. The number of ether oxygens (including phenoxy) is 1. The molecule has 32 heavy (non-hydrogen) atoms. The first-order chi connectivity index (χ1) is 15.4. The van der Waals surface area contributed by atoms with Crippen LogP contribution in [-0.2, 0) is 4.74 Å². The number of amides is 2. The number of rotatable bonds is 6. The lowest BCUT2D eigenvalue weighted by molar-refractivity contribution is 0.0629. The van der Waals surface area contributed by atoms with Crippen molar-refractivity contribution in [1.82, 2.24) is 14.7 Å². The van der Waals surface area contributed by atoms with Gasteiger partial charge in [-0.3, -0.25) is 29.4 Å². The van der Waals surface area contributed by atoms with Crippen LogP contribution >= 0.6 is 0 Å². The highest BCUT2D eigenvalue weighted by atomic mass is 16.5. The minimum absolute atomic E-state index is 0.0330. The third-order valence-corrected chi connectivity index (χ3v) is 5.02. The molecule has 3 heterocycles. The average molecular weight is 439 g/mol. The molecule has 2 amide bonds. The molecule has 11 nitrogen and oxygen atoms in total. The zero-order valence-electron chi connectivity index (χ0n) is 17.4. The van der Waals surface area contributed by atoms with Crippen molar-refractivity contribution in [1.29, 1.82) is 0 Å². The predicted molar refractivity (Wildman–Crippen MR) is 114 cm³/mol. The Balaban J connectivity index is 1.62. The number of carbonyl (C=O) groups is 2. The number of nitrogens with zero attached hydrogens (tertiary/aromatic N) is 4. The third kappa shape index (κ3) is 3.81. The first-order valence-corrected chi connectivity index (χ1v) is 9.72. The number of benzene rings is 1. The number of aromatic hydroxyl groups is 1. The molecule has 11 heteroatoms. The third-order valence-electron chi connectivity index (χ3n) is 5.02. The molecule has 166 valence electrons. The number of carbonyl (C=O) groups excluding carboxylic acids is 2. The van der Waals surface area contributed by atoms with E-state index in [4.69, 9.17) is 9.26 Å². The van der Waals surface area contributed by atoms with Crippen LogP contribution in [0.3, 0.4) is 0 Å². The van der Waals surface area contributed by atoms with E-state index in [9.17, 15) is 19.5 Å². The minimum atomic E-state index is -0.966. The van der Waals surface area contributed by atoms with E-state index >= 15 is 0 Å². The number of fused-ring (bicyclic) bond motifs is 1. The van der Waals surface area contributed by atoms with Crippen molar-refractivity contribution < 1.29 is 24.0 Å². The molecule has 0 aliphatic carbocycles. The van der Waals surface area contributed by atoms with E-state index in [0.29, 0.717) is 12.3 Å². The molecule has 0 radical (unpaired) electrons. The number of pyridine rings is 1. The summed E-state index contributed by atoms with van der Waals surface area (Å²) in [6.07, 6.45) is 1.22. The lowest BCUT2D eigenvalue weighted by atomic mass is 10.1. The maximum absolute atomic E-state index is 12.8. The van der Waals surface area contributed by atoms with E-state index in [1.807, 2.05) is 30.3 Å². The second-order valence-electron chi connectivity index (χ2n) is 7.17. The highest BCUT2D eigenvalue weighted by molar-refractivity contribution is 6.05. The van der Waals surface area contributed by atoms with Crippen LogP contribution in [0.25, 0.3) is 11.3 Å². The second kappa shape index (κ2) is 8.55. The van der Waals surface area contributed by atoms with Crippen LogP contribution in [-0.4, -0.2) is 65.6 Å². The molecule has 0 atom stereocenters. The summed E-state index contributed by atoms with van der Waals surface area (Å²) in [6.45, 7) is 0.763. The van der Waals surface area contributed by atoms with Crippen LogP contribution in [0.4, 0.5) is 5.88 Å². The molecule has 1 aliphatic rings. The number of aromatic nitrogens is 2. The Kier molecular flexibility index (Phi) is 5.65. The molecule has 1 aromatic carbocycles. The van der Waals surface area contributed by atoms with Crippen LogP contribution < -0.4 is 15.8 Å². The Morgan fingerprint density at radius 3 is 2.75 bits per heavy atom. The number of methoxy groups -OCH3 is 1. The number of hydrogen-bond donors (Lipinski definition) is 2. The van der Waals surface area contributed by atoms with E-state index < -0.39 is 23.0 Å². The fourth-order valence-corrected chi connectivity index (χ4v) is 3.38. The van der Waals surface area contributed by atoms with Crippen LogP contribution in [0, 0.1) is 0 Å². The number of nitrogens with one attached hydrogen (secondary N) is 1. The Labute approximate surface area is 182 Å². The molecule has 0 saturated carbocycles. The van der Waals surface area contributed by atoms with Gasteiger partial charge in [0.1, 0.15) is 17.9 Å². The van der Waals surface area contributed by atoms with Crippen molar-refractivity contribution in [2.24, 2.45) is 0 Å². The highest BCUT2D eigenvalue weighted by Crippen LogP contribution is 2.23. The average Bonchev–Trinajstić information content (AvgIpc) is 3.26. The first kappa shape index (κ1) is 21.1. The van der Waals surface area contributed by atoms with Gasteiger partial charge in [0.2, 0.25) is 11.3 Å². The van der Waals surface area contributed by atoms with Gasteiger partial charge in [-0.05, 0) is 0 Å². The molecule has 2 aromatic heterocycles. The molecule has 0 spiro atoms. The van der Waals surface area contributed by atoms with E-state index in [2.05, 4.69) is 10.5 Å². The zero-order valence-corrected chi connectivity index (χ0v) is 17.4. The quantitative estimate of drug-likeness (QED) is 0.584. The molecule has 2 N–H and O–H groups in total. The smallest absolute Gasteiger partial charge is 0.277 e. The number of anilines is 1. The summed E-state index contributed by atoms with van der Waals surface area (Å²) < 4.78 is 11.4. The summed E-state index contributed by atoms with van der Waals surface area (Å²) in [5.74, 6) is -2.12. The predicted octanol–water partition coefficient (Wildman–Crippen LogP) is 1.09. The summed E-state index contributed by atoms with van der Waals surface area (Å²) in [4.78, 5) is 39.6. The topological polar surface area (TPSA) is 130 Å². The first-order valence-electron chi connectivity index (χ1n) is 9.72. The van der Waals surface area contributed by atoms with Crippen molar-refractivity contribution in [3.05, 3.63) is 64.1 Å². The van der Waals surface area contributed by atoms with Gasteiger partial charge in [-0.15, -0.1) is 0 Å². The van der Waals surface area contributed by atoms with Crippen molar-refractivity contribution in [3.63, 3.8) is 0 Å². The fourth-order valence-electron chi connectivity index (χ4n) is 3.38. The molecular weight excluding hydrogens is 418 g/mol. The molecule has 0 saturated heterocycles. The molecule has 0 bridgehead atoms. The zero-order chi connectivity index (χ0) is 22.8. The summed E-state index contributed by atoms with van der Waals surface area (Å²) >= 11 is 0. The van der Waals surface area contributed by atoms with Gasteiger partial charge in [-0.25, -0.2) is 0 Å². The second-order valence-corrected chi connectivity index (χ2v) is 7.17. The van der Waals surface area contributed by atoms with Crippen molar-refractivity contribution in [3.8, 4) is 17.0 Å². The van der Waals surface area contributed by atoms with Crippen molar-refractivity contribution >= 4 is 17.7 Å². The molecule has 3 aromatic rings. The Hall–Kier alpha value is -4.12. The van der Waals surface area contributed by atoms with Gasteiger partial charge in [-0.2, -0.15) is 0 Å². The van der Waals surface area contributed by atoms with Gasteiger partial charge in [0, 0.05) is 38.5 Å². The number of hydrogen-bond acceptors (Lipinski definition) is 8. The van der Waals surface area contributed by atoms with Crippen LogP contribution in [0.1, 0.15) is 20.8 Å². The van der Waals surface area contributed by atoms with Gasteiger partial charge in [0.05, 0.1) is 6.61 Å². The van der Waals surface area contributed by atoms with Crippen molar-refractivity contribution in [2.75, 3.05) is 44.3 Å². The van der Waals surface area contributed by atoms with Gasteiger partial charge < -0.3 is 19.3 Å². The molecular formula is C21H21N5O6. The van der Waals surface area contributed by atoms with Crippen LogP contribution in [0.15, 0.2) is 51.9 Å². The minimum Gasteiger partial charge on any atom is -0.502 e. The fraction of sp³-hybridized carbons (Fsp3) is 0.238. The monoisotopic (exact) mass is 439 g/mol. The van der Waals surface area contributed by atoms with Crippen molar-refractivity contribution in [2.45, 2.75) is 0 Å². The van der Waals surface area contributed by atoms with Gasteiger partial charge in [-0.1, -0.05) is 35.5 Å². The molecule has 0 unspecified atom stereocenters. The van der Waals surface area contributed by atoms with E-state index in [1.54, 1.807) is 12.1 Å². The Morgan fingerprint density at radius 2 is 2.03 bits per heavy atom.